The number of hydrogen-bond donors (Lipinski definition) is 0. The third-order valence-electron chi connectivity index (χ3n) is 5.72. The lowest BCUT2D eigenvalue weighted by Crippen LogP contribution is -2.49. The Hall–Kier alpha value is -0.653. The highest BCUT2D eigenvalue weighted by atomic mass is 28.4. The standard InChI is InChI=1S/C17H31NO3Si/c1-16(2,3)22(5,6)21-13-17-8-7-9-18(17)12-14(11-17)10-15(19)20-4/h10H,7-9,11-13H2,1-6H3/t17-/m0/s1. The zero-order valence-corrected chi connectivity index (χ0v) is 16.0. The summed E-state index contributed by atoms with van der Waals surface area (Å²) in [4.78, 5) is 14.0. The number of carbonyl (C=O) groups is 1. The molecule has 2 fully saturated rings. The minimum Gasteiger partial charge on any atom is -0.466 e. The summed E-state index contributed by atoms with van der Waals surface area (Å²) in [5.74, 6) is -0.239. The fourth-order valence-electron chi connectivity index (χ4n) is 3.23. The SMILES string of the molecule is COC(=O)C=C1CN2CCC[C@@]2(CO[Si](C)(C)C(C)(C)C)C1. The van der Waals surface area contributed by atoms with Gasteiger partial charge in [-0.3, -0.25) is 4.90 Å². The third kappa shape index (κ3) is 3.47. The maximum Gasteiger partial charge on any atom is 0.330 e. The van der Waals surface area contributed by atoms with Gasteiger partial charge in [0.1, 0.15) is 0 Å². The Bertz CT molecular complexity index is 467. The van der Waals surface area contributed by atoms with Gasteiger partial charge in [0, 0.05) is 18.2 Å². The average Bonchev–Trinajstić information content (AvgIpc) is 2.91. The van der Waals surface area contributed by atoms with Gasteiger partial charge in [0.15, 0.2) is 8.32 Å². The van der Waals surface area contributed by atoms with Crippen LogP contribution < -0.4 is 0 Å². The summed E-state index contributed by atoms with van der Waals surface area (Å²) in [6.07, 6.45) is 5.01. The summed E-state index contributed by atoms with van der Waals surface area (Å²) >= 11 is 0. The number of rotatable bonds is 4. The molecule has 1 atom stereocenters. The largest absolute Gasteiger partial charge is 0.466 e. The van der Waals surface area contributed by atoms with E-state index in [1.54, 1.807) is 6.08 Å². The fraction of sp³-hybridized carbons (Fsp3) is 0.824. The van der Waals surface area contributed by atoms with Crippen LogP contribution in [0.25, 0.3) is 0 Å². The summed E-state index contributed by atoms with van der Waals surface area (Å²) in [7, 11) is -0.300. The summed E-state index contributed by atoms with van der Waals surface area (Å²) in [5, 5.41) is 0.233. The quantitative estimate of drug-likeness (QED) is 0.451. The predicted molar refractivity (Wildman–Crippen MR) is 91.4 cm³/mol. The summed E-state index contributed by atoms with van der Waals surface area (Å²) in [5.41, 5.74) is 1.29. The Labute approximate surface area is 136 Å². The lowest BCUT2D eigenvalue weighted by Gasteiger charge is -2.40. The van der Waals surface area contributed by atoms with Crippen molar-refractivity contribution in [2.45, 2.75) is 63.7 Å². The maximum atomic E-state index is 11.5. The Morgan fingerprint density at radius 1 is 1.41 bits per heavy atom. The molecule has 2 rings (SSSR count). The van der Waals surface area contributed by atoms with E-state index in [1.165, 1.54) is 25.5 Å². The van der Waals surface area contributed by atoms with E-state index in [1.807, 2.05) is 0 Å². The number of fused-ring (bicyclic) bond motifs is 1. The van der Waals surface area contributed by atoms with Crippen molar-refractivity contribution < 1.29 is 14.0 Å². The smallest absolute Gasteiger partial charge is 0.330 e. The predicted octanol–water partition coefficient (Wildman–Crippen LogP) is 3.35. The van der Waals surface area contributed by atoms with Gasteiger partial charge < -0.3 is 9.16 Å². The van der Waals surface area contributed by atoms with Crippen LogP contribution in [0.3, 0.4) is 0 Å². The maximum absolute atomic E-state index is 11.5. The normalized spacial score (nSPS) is 28.2. The monoisotopic (exact) mass is 325 g/mol. The highest BCUT2D eigenvalue weighted by molar-refractivity contribution is 6.74. The molecule has 0 radical (unpaired) electrons. The van der Waals surface area contributed by atoms with Crippen molar-refractivity contribution >= 4 is 14.3 Å². The van der Waals surface area contributed by atoms with Crippen LogP contribution in [0.5, 0.6) is 0 Å². The molecule has 0 unspecified atom stereocenters. The summed E-state index contributed by atoms with van der Waals surface area (Å²) < 4.78 is 11.3. The first-order chi connectivity index (χ1) is 10.1. The number of carbonyl (C=O) groups excluding carboxylic acids is 1. The van der Waals surface area contributed by atoms with Crippen LogP contribution in [-0.2, 0) is 14.0 Å². The molecule has 126 valence electrons. The van der Waals surface area contributed by atoms with Gasteiger partial charge in [-0.25, -0.2) is 4.79 Å². The third-order valence-corrected chi connectivity index (χ3v) is 10.2. The van der Waals surface area contributed by atoms with E-state index in [0.29, 0.717) is 0 Å². The van der Waals surface area contributed by atoms with Crippen LogP contribution in [-0.4, -0.2) is 51.5 Å². The van der Waals surface area contributed by atoms with E-state index < -0.39 is 8.32 Å². The zero-order chi connectivity index (χ0) is 16.6. The molecule has 2 saturated heterocycles. The first kappa shape index (κ1) is 17.7. The highest BCUT2D eigenvalue weighted by Crippen LogP contribution is 2.44. The highest BCUT2D eigenvalue weighted by Gasteiger charge is 2.48. The number of hydrogen-bond acceptors (Lipinski definition) is 4. The van der Waals surface area contributed by atoms with Gasteiger partial charge in [0.05, 0.1) is 13.7 Å². The number of esters is 1. The van der Waals surface area contributed by atoms with E-state index in [9.17, 15) is 4.79 Å². The van der Waals surface area contributed by atoms with Crippen LogP contribution in [0.1, 0.15) is 40.0 Å². The van der Waals surface area contributed by atoms with Crippen LogP contribution in [0.2, 0.25) is 18.1 Å². The summed E-state index contributed by atoms with van der Waals surface area (Å²) in [6.45, 7) is 14.2. The van der Waals surface area contributed by atoms with Crippen molar-refractivity contribution in [3.8, 4) is 0 Å². The molecule has 22 heavy (non-hydrogen) atoms. The Balaban J connectivity index is 2.08. The minimum absolute atomic E-state index is 0.107. The van der Waals surface area contributed by atoms with E-state index in [0.717, 1.165) is 26.1 Å². The molecule has 0 N–H and O–H groups in total. The first-order valence-corrected chi connectivity index (χ1v) is 11.2. The second kappa shape index (κ2) is 6.10. The van der Waals surface area contributed by atoms with Crippen molar-refractivity contribution in [1.82, 2.24) is 4.90 Å². The molecule has 2 aliphatic rings. The molecule has 0 bridgehead atoms. The Morgan fingerprint density at radius 3 is 2.68 bits per heavy atom. The van der Waals surface area contributed by atoms with E-state index in [-0.39, 0.29) is 16.5 Å². The molecule has 2 aliphatic heterocycles. The van der Waals surface area contributed by atoms with E-state index in [2.05, 4.69) is 38.8 Å². The van der Waals surface area contributed by atoms with Crippen LogP contribution in [0.4, 0.5) is 0 Å². The molecule has 0 amide bonds. The topological polar surface area (TPSA) is 38.8 Å². The Morgan fingerprint density at radius 2 is 2.09 bits per heavy atom. The molecular formula is C17H31NO3Si. The van der Waals surface area contributed by atoms with Crippen molar-refractivity contribution in [2.24, 2.45) is 0 Å². The van der Waals surface area contributed by atoms with Gasteiger partial charge in [0.25, 0.3) is 0 Å². The number of ether oxygens (including phenoxy) is 1. The van der Waals surface area contributed by atoms with Crippen LogP contribution >= 0.6 is 0 Å². The van der Waals surface area contributed by atoms with Gasteiger partial charge in [0.2, 0.25) is 0 Å². The van der Waals surface area contributed by atoms with Gasteiger partial charge in [-0.2, -0.15) is 0 Å². The molecule has 0 aromatic carbocycles. The molecule has 0 aromatic heterocycles. The number of methoxy groups -OCH3 is 1. The molecule has 0 saturated carbocycles. The van der Waals surface area contributed by atoms with Crippen molar-refractivity contribution in [3.63, 3.8) is 0 Å². The zero-order valence-electron chi connectivity index (χ0n) is 15.0. The molecule has 0 aliphatic carbocycles. The second-order valence-electron chi connectivity index (χ2n) is 8.30. The average molecular weight is 326 g/mol. The molecule has 4 nitrogen and oxygen atoms in total. The second-order valence-corrected chi connectivity index (χ2v) is 13.1. The van der Waals surface area contributed by atoms with E-state index in [4.69, 9.17) is 9.16 Å². The van der Waals surface area contributed by atoms with E-state index >= 15 is 0 Å². The van der Waals surface area contributed by atoms with Crippen molar-refractivity contribution in [2.75, 3.05) is 26.8 Å². The van der Waals surface area contributed by atoms with Gasteiger partial charge in [-0.05, 0) is 49.5 Å². The molecule has 0 spiro atoms. The minimum atomic E-state index is -1.74. The lowest BCUT2D eigenvalue weighted by molar-refractivity contribution is -0.134. The first-order valence-electron chi connectivity index (χ1n) is 8.26. The van der Waals surface area contributed by atoms with Crippen molar-refractivity contribution in [1.29, 1.82) is 0 Å². The molecule has 0 aromatic rings. The molecule has 5 heteroatoms. The lowest BCUT2D eigenvalue weighted by atomic mass is 9.93. The van der Waals surface area contributed by atoms with Gasteiger partial charge in [-0.15, -0.1) is 0 Å². The Kier molecular flexibility index (Phi) is 4.90. The summed E-state index contributed by atoms with van der Waals surface area (Å²) in [6, 6.07) is 0. The van der Waals surface area contributed by atoms with Crippen molar-refractivity contribution in [3.05, 3.63) is 11.6 Å². The van der Waals surface area contributed by atoms with Crippen LogP contribution in [0, 0.1) is 0 Å². The van der Waals surface area contributed by atoms with Crippen LogP contribution in [0.15, 0.2) is 11.6 Å². The molecule has 2 heterocycles. The fourth-order valence-corrected chi connectivity index (χ4v) is 4.30. The number of nitrogens with zero attached hydrogens (tertiary/aromatic N) is 1. The van der Waals surface area contributed by atoms with Gasteiger partial charge in [-0.1, -0.05) is 20.8 Å². The van der Waals surface area contributed by atoms with Gasteiger partial charge >= 0.3 is 5.97 Å². The molecular weight excluding hydrogens is 294 g/mol.